The highest BCUT2D eigenvalue weighted by atomic mass is 16.2. The van der Waals surface area contributed by atoms with Crippen LogP contribution < -0.4 is 0 Å². The lowest BCUT2D eigenvalue weighted by atomic mass is 9.89. The molecule has 1 aromatic heterocycles. The first kappa shape index (κ1) is 15.1. The molecule has 4 heteroatoms. The Labute approximate surface area is 138 Å². The molecule has 2 saturated heterocycles. The van der Waals surface area contributed by atoms with E-state index in [9.17, 15) is 4.79 Å². The van der Waals surface area contributed by atoms with E-state index < -0.39 is 0 Å². The van der Waals surface area contributed by atoms with E-state index in [1.54, 1.807) is 6.20 Å². The van der Waals surface area contributed by atoms with Crippen LogP contribution in [0.3, 0.4) is 0 Å². The SMILES string of the molecule is O=C1C[C@H]2[C@H](CCN2CC2CCCCC2)N1Cc1cccnc1. The highest BCUT2D eigenvalue weighted by molar-refractivity contribution is 5.80. The van der Waals surface area contributed by atoms with Gasteiger partial charge in [0.05, 0.1) is 0 Å². The molecule has 4 nitrogen and oxygen atoms in total. The van der Waals surface area contributed by atoms with Crippen LogP contribution in [0.4, 0.5) is 0 Å². The summed E-state index contributed by atoms with van der Waals surface area (Å²) in [7, 11) is 0. The van der Waals surface area contributed by atoms with Gasteiger partial charge in [-0.3, -0.25) is 14.7 Å². The molecular formula is C19H27N3O. The fourth-order valence-corrected chi connectivity index (χ4v) is 4.83. The smallest absolute Gasteiger partial charge is 0.224 e. The van der Waals surface area contributed by atoms with Crippen LogP contribution in [0.2, 0.25) is 0 Å². The van der Waals surface area contributed by atoms with E-state index in [4.69, 9.17) is 0 Å². The minimum Gasteiger partial charge on any atom is -0.334 e. The summed E-state index contributed by atoms with van der Waals surface area (Å²) in [6, 6.07) is 4.91. The Bertz CT molecular complexity index is 541. The molecule has 2 aliphatic heterocycles. The average Bonchev–Trinajstić information content (AvgIpc) is 3.10. The summed E-state index contributed by atoms with van der Waals surface area (Å²) in [6.07, 6.45) is 12.5. The van der Waals surface area contributed by atoms with E-state index in [0.717, 1.165) is 30.9 Å². The van der Waals surface area contributed by atoms with E-state index in [-0.39, 0.29) is 0 Å². The quantitative estimate of drug-likeness (QED) is 0.857. The van der Waals surface area contributed by atoms with Crippen LogP contribution in [0.1, 0.15) is 50.5 Å². The molecule has 2 atom stereocenters. The van der Waals surface area contributed by atoms with Gasteiger partial charge < -0.3 is 4.90 Å². The third kappa shape index (κ3) is 3.14. The summed E-state index contributed by atoms with van der Waals surface area (Å²) in [4.78, 5) is 21.4. The van der Waals surface area contributed by atoms with Crippen LogP contribution in [0, 0.1) is 5.92 Å². The highest BCUT2D eigenvalue weighted by Gasteiger charge is 2.46. The molecule has 3 heterocycles. The lowest BCUT2D eigenvalue weighted by Gasteiger charge is -2.30. The van der Waals surface area contributed by atoms with Crippen molar-refractivity contribution in [3.05, 3.63) is 30.1 Å². The number of nitrogens with zero attached hydrogens (tertiary/aromatic N) is 3. The average molecular weight is 313 g/mol. The fraction of sp³-hybridized carbons (Fsp3) is 0.684. The predicted molar refractivity (Wildman–Crippen MR) is 89.7 cm³/mol. The summed E-state index contributed by atoms with van der Waals surface area (Å²) in [5, 5.41) is 0. The van der Waals surface area contributed by atoms with E-state index >= 15 is 0 Å². The van der Waals surface area contributed by atoms with Crippen LogP contribution >= 0.6 is 0 Å². The molecule has 1 saturated carbocycles. The number of pyridine rings is 1. The van der Waals surface area contributed by atoms with Gasteiger partial charge in [0.2, 0.25) is 5.91 Å². The number of hydrogen-bond acceptors (Lipinski definition) is 3. The molecule has 1 amide bonds. The van der Waals surface area contributed by atoms with Crippen molar-refractivity contribution in [1.82, 2.24) is 14.8 Å². The molecule has 0 bridgehead atoms. The number of fused-ring (bicyclic) bond motifs is 1. The molecule has 3 aliphatic rings. The minimum absolute atomic E-state index is 0.331. The molecule has 3 fully saturated rings. The molecule has 1 aliphatic carbocycles. The number of amides is 1. The fourth-order valence-electron chi connectivity index (χ4n) is 4.83. The van der Waals surface area contributed by atoms with E-state index in [1.807, 2.05) is 12.3 Å². The summed E-state index contributed by atoms with van der Waals surface area (Å²) >= 11 is 0. The molecule has 0 radical (unpaired) electrons. The van der Waals surface area contributed by atoms with Crippen molar-refractivity contribution in [1.29, 1.82) is 0 Å². The maximum absolute atomic E-state index is 12.5. The van der Waals surface area contributed by atoms with E-state index in [2.05, 4.69) is 20.9 Å². The molecule has 0 spiro atoms. The summed E-state index contributed by atoms with van der Waals surface area (Å²) in [5.41, 5.74) is 1.15. The number of likely N-dealkylation sites (tertiary alicyclic amines) is 2. The van der Waals surface area contributed by atoms with E-state index in [1.165, 1.54) is 45.2 Å². The molecule has 0 unspecified atom stereocenters. The van der Waals surface area contributed by atoms with Gasteiger partial charge in [-0.25, -0.2) is 0 Å². The van der Waals surface area contributed by atoms with Gasteiger partial charge in [-0.2, -0.15) is 0 Å². The van der Waals surface area contributed by atoms with Crippen LogP contribution in [0.5, 0.6) is 0 Å². The number of rotatable bonds is 4. The van der Waals surface area contributed by atoms with Crippen LogP contribution in [-0.4, -0.2) is 45.9 Å². The summed E-state index contributed by atoms with van der Waals surface area (Å²) < 4.78 is 0. The third-order valence-corrected chi connectivity index (χ3v) is 6.02. The lowest BCUT2D eigenvalue weighted by Crippen LogP contribution is -2.39. The molecule has 124 valence electrons. The van der Waals surface area contributed by atoms with Crippen molar-refractivity contribution in [2.24, 2.45) is 5.92 Å². The Balaban J connectivity index is 1.40. The Kier molecular flexibility index (Phi) is 4.34. The van der Waals surface area contributed by atoms with Crippen molar-refractivity contribution in [3.8, 4) is 0 Å². The van der Waals surface area contributed by atoms with E-state index in [0.29, 0.717) is 18.0 Å². The zero-order chi connectivity index (χ0) is 15.6. The second kappa shape index (κ2) is 6.60. The summed E-state index contributed by atoms with van der Waals surface area (Å²) in [5.74, 6) is 1.20. The molecule has 23 heavy (non-hydrogen) atoms. The predicted octanol–water partition coefficient (Wildman–Crippen LogP) is 2.84. The maximum Gasteiger partial charge on any atom is 0.224 e. The lowest BCUT2D eigenvalue weighted by molar-refractivity contribution is -0.129. The molecular weight excluding hydrogens is 286 g/mol. The normalized spacial score (nSPS) is 29.2. The number of carbonyl (C=O) groups is 1. The van der Waals surface area contributed by atoms with Gasteiger partial charge in [0.1, 0.15) is 0 Å². The molecule has 0 aromatic carbocycles. The molecule has 4 rings (SSSR count). The van der Waals surface area contributed by atoms with Gasteiger partial charge in [0.25, 0.3) is 0 Å². The Morgan fingerprint density at radius 1 is 1.13 bits per heavy atom. The highest BCUT2D eigenvalue weighted by Crippen LogP contribution is 2.35. The largest absolute Gasteiger partial charge is 0.334 e. The van der Waals surface area contributed by atoms with Gasteiger partial charge in [0, 0.05) is 50.5 Å². The van der Waals surface area contributed by atoms with Crippen LogP contribution in [0.15, 0.2) is 24.5 Å². The standard InChI is InChI=1S/C19H27N3O/c23-19-11-18-17(22(19)14-16-7-4-9-20-12-16)8-10-21(18)13-15-5-2-1-3-6-15/h4,7,9,12,15,17-18H,1-3,5-6,8,10-11,13-14H2/t17-,18-/m0/s1. The van der Waals surface area contributed by atoms with Crippen molar-refractivity contribution in [2.75, 3.05) is 13.1 Å². The monoisotopic (exact) mass is 313 g/mol. The van der Waals surface area contributed by atoms with Crippen molar-refractivity contribution in [3.63, 3.8) is 0 Å². The van der Waals surface area contributed by atoms with Gasteiger partial charge >= 0.3 is 0 Å². The molecule has 0 N–H and O–H groups in total. The van der Waals surface area contributed by atoms with Crippen molar-refractivity contribution in [2.45, 2.75) is 63.6 Å². The van der Waals surface area contributed by atoms with Crippen LogP contribution in [-0.2, 0) is 11.3 Å². The second-order valence-electron chi connectivity index (χ2n) is 7.51. The Morgan fingerprint density at radius 3 is 2.78 bits per heavy atom. The topological polar surface area (TPSA) is 36.4 Å². The zero-order valence-electron chi connectivity index (χ0n) is 13.9. The Morgan fingerprint density at radius 2 is 2.00 bits per heavy atom. The number of carbonyl (C=O) groups excluding carboxylic acids is 1. The number of hydrogen-bond donors (Lipinski definition) is 0. The van der Waals surface area contributed by atoms with Crippen LogP contribution in [0.25, 0.3) is 0 Å². The zero-order valence-corrected chi connectivity index (χ0v) is 13.9. The van der Waals surface area contributed by atoms with Crippen molar-refractivity contribution < 1.29 is 4.79 Å². The van der Waals surface area contributed by atoms with Gasteiger partial charge in [-0.15, -0.1) is 0 Å². The summed E-state index contributed by atoms with van der Waals surface area (Å²) in [6.45, 7) is 3.11. The second-order valence-corrected chi connectivity index (χ2v) is 7.51. The van der Waals surface area contributed by atoms with Gasteiger partial charge in [-0.1, -0.05) is 25.3 Å². The Hall–Kier alpha value is -1.42. The van der Waals surface area contributed by atoms with Gasteiger partial charge in [0.15, 0.2) is 0 Å². The van der Waals surface area contributed by atoms with Gasteiger partial charge in [-0.05, 0) is 36.8 Å². The molecule has 1 aromatic rings. The minimum atomic E-state index is 0.331. The third-order valence-electron chi connectivity index (χ3n) is 6.02. The maximum atomic E-state index is 12.5. The number of aromatic nitrogens is 1. The van der Waals surface area contributed by atoms with Crippen molar-refractivity contribution >= 4 is 5.91 Å². The first-order valence-electron chi connectivity index (χ1n) is 9.23. The first-order valence-corrected chi connectivity index (χ1v) is 9.23. The first-order chi connectivity index (χ1) is 11.3.